The first-order valence-electron chi connectivity index (χ1n) is 7.42. The van der Waals surface area contributed by atoms with Crippen molar-refractivity contribution in [3.8, 4) is 5.75 Å². The van der Waals surface area contributed by atoms with E-state index in [1.165, 1.54) is 5.56 Å². The Hall–Kier alpha value is -1.25. The summed E-state index contributed by atoms with van der Waals surface area (Å²) in [6.45, 7) is 4.50. The van der Waals surface area contributed by atoms with Gasteiger partial charge in [-0.25, -0.2) is 0 Å². The number of ether oxygens (including phenoxy) is 1. The second-order valence-corrected chi connectivity index (χ2v) is 5.60. The van der Waals surface area contributed by atoms with E-state index < -0.39 is 0 Å². The van der Waals surface area contributed by atoms with Crippen molar-refractivity contribution in [3.63, 3.8) is 0 Å². The lowest BCUT2D eigenvalue weighted by Crippen LogP contribution is -2.48. The average Bonchev–Trinajstić information content (AvgIpc) is 2.49. The minimum atomic E-state index is 0. The van der Waals surface area contributed by atoms with Crippen LogP contribution in [0.15, 0.2) is 48.6 Å². The molecule has 1 unspecified atom stereocenters. The average molecular weight is 308 g/mol. The number of nitrogens with one attached hydrogen (secondary N) is 1. The first-order valence-corrected chi connectivity index (χ1v) is 7.42. The lowest BCUT2D eigenvalue weighted by Gasteiger charge is -2.34. The summed E-state index contributed by atoms with van der Waals surface area (Å²) in [6.07, 6.45) is 12.1. The van der Waals surface area contributed by atoms with E-state index in [0.29, 0.717) is 6.04 Å². The minimum Gasteiger partial charge on any atom is -0.497 e. The second kappa shape index (κ2) is 8.26. The number of allylic oxidation sites excluding steroid dienone is 2. The fourth-order valence-corrected chi connectivity index (χ4v) is 2.79. The van der Waals surface area contributed by atoms with Crippen LogP contribution in [0.25, 0.3) is 0 Å². The molecule has 0 fully saturated rings. The number of rotatable bonds is 6. The quantitative estimate of drug-likeness (QED) is 0.846. The summed E-state index contributed by atoms with van der Waals surface area (Å²) in [7, 11) is 1.70. The molecule has 0 aromatic heterocycles. The number of hydrogen-bond acceptors (Lipinski definition) is 2. The molecule has 3 heteroatoms. The lowest BCUT2D eigenvalue weighted by atomic mass is 9.87. The van der Waals surface area contributed by atoms with Crippen LogP contribution in [0.1, 0.15) is 32.3 Å². The van der Waals surface area contributed by atoms with Crippen LogP contribution in [0.2, 0.25) is 0 Å². The fraction of sp³-hybridized carbons (Fsp3) is 0.444. The summed E-state index contributed by atoms with van der Waals surface area (Å²) < 4.78 is 5.20. The third-order valence-corrected chi connectivity index (χ3v) is 4.01. The highest BCUT2D eigenvalue weighted by Crippen LogP contribution is 2.23. The van der Waals surface area contributed by atoms with Gasteiger partial charge < -0.3 is 10.1 Å². The van der Waals surface area contributed by atoms with E-state index in [-0.39, 0.29) is 17.9 Å². The Labute approximate surface area is 134 Å². The van der Waals surface area contributed by atoms with Crippen LogP contribution in [-0.2, 0) is 6.42 Å². The topological polar surface area (TPSA) is 21.3 Å². The van der Waals surface area contributed by atoms with Crippen molar-refractivity contribution in [2.75, 3.05) is 7.11 Å². The highest BCUT2D eigenvalue weighted by Gasteiger charge is 2.26. The van der Waals surface area contributed by atoms with E-state index in [9.17, 15) is 0 Å². The van der Waals surface area contributed by atoms with Gasteiger partial charge in [-0.3, -0.25) is 0 Å². The van der Waals surface area contributed by atoms with Crippen molar-refractivity contribution in [3.05, 3.63) is 54.1 Å². The van der Waals surface area contributed by atoms with E-state index in [2.05, 4.69) is 55.6 Å². The standard InChI is InChI=1S/C18H25NO.ClH/c1-4-18(12-6-5-7-13-18)19-15(2)14-16-8-10-17(20-3)11-9-16;/h5-12,15,19H,4,13-14H2,1-3H3;1H/t15?,18-;/m0./s1. The molecule has 1 aliphatic carbocycles. The molecule has 1 aromatic rings. The van der Waals surface area contributed by atoms with Gasteiger partial charge in [0.25, 0.3) is 0 Å². The molecule has 0 aliphatic heterocycles. The van der Waals surface area contributed by atoms with E-state index in [1.807, 2.05) is 12.1 Å². The molecule has 0 amide bonds. The van der Waals surface area contributed by atoms with Crippen molar-refractivity contribution in [2.24, 2.45) is 0 Å². The summed E-state index contributed by atoms with van der Waals surface area (Å²) in [6, 6.07) is 8.79. The predicted molar refractivity (Wildman–Crippen MR) is 92.5 cm³/mol. The largest absolute Gasteiger partial charge is 0.497 e. The van der Waals surface area contributed by atoms with Gasteiger partial charge in [-0.05, 0) is 43.9 Å². The van der Waals surface area contributed by atoms with Gasteiger partial charge in [0.15, 0.2) is 0 Å². The van der Waals surface area contributed by atoms with Crippen LogP contribution in [0.4, 0.5) is 0 Å². The molecular weight excluding hydrogens is 282 g/mol. The van der Waals surface area contributed by atoms with Crippen LogP contribution in [-0.4, -0.2) is 18.7 Å². The van der Waals surface area contributed by atoms with E-state index in [1.54, 1.807) is 7.11 Å². The lowest BCUT2D eigenvalue weighted by molar-refractivity contribution is 0.343. The molecule has 1 aromatic carbocycles. The highest BCUT2D eigenvalue weighted by atomic mass is 35.5. The van der Waals surface area contributed by atoms with Crippen molar-refractivity contribution < 1.29 is 4.74 Å². The Kier molecular flexibility index (Phi) is 7.00. The molecule has 116 valence electrons. The fourth-order valence-electron chi connectivity index (χ4n) is 2.79. The van der Waals surface area contributed by atoms with Gasteiger partial charge in [-0.1, -0.05) is 43.4 Å². The molecule has 2 nitrogen and oxygen atoms in total. The maximum atomic E-state index is 5.20. The summed E-state index contributed by atoms with van der Waals surface area (Å²) in [4.78, 5) is 0. The molecule has 1 N–H and O–H groups in total. The van der Waals surface area contributed by atoms with Crippen LogP contribution in [0.3, 0.4) is 0 Å². The molecule has 0 saturated carbocycles. The molecule has 2 rings (SSSR count). The van der Waals surface area contributed by atoms with Gasteiger partial charge >= 0.3 is 0 Å². The van der Waals surface area contributed by atoms with Crippen molar-refractivity contribution in [2.45, 2.75) is 44.7 Å². The third-order valence-electron chi connectivity index (χ3n) is 4.01. The summed E-state index contributed by atoms with van der Waals surface area (Å²) >= 11 is 0. The van der Waals surface area contributed by atoms with Crippen molar-refractivity contribution >= 4 is 12.4 Å². The zero-order chi connectivity index (χ0) is 14.4. The number of halogens is 1. The molecule has 0 spiro atoms. The molecule has 2 atom stereocenters. The molecule has 0 saturated heterocycles. The van der Waals surface area contributed by atoms with E-state index >= 15 is 0 Å². The Morgan fingerprint density at radius 3 is 2.48 bits per heavy atom. The van der Waals surface area contributed by atoms with Gasteiger partial charge in [-0.15, -0.1) is 12.4 Å². The first kappa shape index (κ1) is 17.8. The van der Waals surface area contributed by atoms with Crippen LogP contribution >= 0.6 is 12.4 Å². The molecule has 21 heavy (non-hydrogen) atoms. The Balaban J connectivity index is 0.00000220. The summed E-state index contributed by atoms with van der Waals surface area (Å²) in [5, 5.41) is 3.79. The molecule has 0 heterocycles. The van der Waals surface area contributed by atoms with E-state index in [0.717, 1.165) is 25.0 Å². The van der Waals surface area contributed by atoms with Crippen molar-refractivity contribution in [1.29, 1.82) is 0 Å². The smallest absolute Gasteiger partial charge is 0.118 e. The maximum Gasteiger partial charge on any atom is 0.118 e. The molecule has 0 bridgehead atoms. The normalized spacial score (nSPS) is 21.7. The van der Waals surface area contributed by atoms with Crippen LogP contribution < -0.4 is 10.1 Å². The van der Waals surface area contributed by atoms with Crippen LogP contribution in [0.5, 0.6) is 5.75 Å². The first-order chi connectivity index (χ1) is 9.67. The Bertz CT molecular complexity index is 480. The Morgan fingerprint density at radius 1 is 1.24 bits per heavy atom. The zero-order valence-corrected chi connectivity index (χ0v) is 14.0. The zero-order valence-electron chi connectivity index (χ0n) is 13.1. The molecule has 0 radical (unpaired) electrons. The Morgan fingerprint density at radius 2 is 1.95 bits per heavy atom. The predicted octanol–water partition coefficient (Wildman–Crippen LogP) is 4.30. The maximum absolute atomic E-state index is 5.20. The number of methoxy groups -OCH3 is 1. The van der Waals surface area contributed by atoms with Gasteiger partial charge in [0.05, 0.1) is 7.11 Å². The van der Waals surface area contributed by atoms with Crippen LogP contribution in [0, 0.1) is 0 Å². The summed E-state index contributed by atoms with van der Waals surface area (Å²) in [5.74, 6) is 0.916. The monoisotopic (exact) mass is 307 g/mol. The SMILES string of the molecule is CC[C@]1(NC(C)Cc2ccc(OC)cc2)C=CC=CC1.Cl. The molecule has 1 aliphatic rings. The van der Waals surface area contributed by atoms with Gasteiger partial charge in [0.2, 0.25) is 0 Å². The van der Waals surface area contributed by atoms with Gasteiger partial charge in [-0.2, -0.15) is 0 Å². The second-order valence-electron chi connectivity index (χ2n) is 5.60. The third kappa shape index (κ3) is 4.90. The minimum absolute atomic E-state index is 0. The molecular formula is C18H26ClNO. The van der Waals surface area contributed by atoms with Gasteiger partial charge in [0.1, 0.15) is 5.75 Å². The highest BCUT2D eigenvalue weighted by molar-refractivity contribution is 5.85. The van der Waals surface area contributed by atoms with Crippen molar-refractivity contribution in [1.82, 2.24) is 5.32 Å². The summed E-state index contributed by atoms with van der Waals surface area (Å²) in [5.41, 5.74) is 1.47. The van der Waals surface area contributed by atoms with E-state index in [4.69, 9.17) is 4.74 Å². The number of hydrogen-bond donors (Lipinski definition) is 1. The number of benzene rings is 1. The van der Waals surface area contributed by atoms with Gasteiger partial charge in [0, 0.05) is 11.6 Å².